The third-order valence-corrected chi connectivity index (χ3v) is 4.89. The fourth-order valence-corrected chi connectivity index (χ4v) is 3.45. The van der Waals surface area contributed by atoms with Crippen LogP contribution in [0.25, 0.3) is 0 Å². The van der Waals surface area contributed by atoms with E-state index in [1.807, 2.05) is 0 Å². The quantitative estimate of drug-likeness (QED) is 0.720. The Bertz CT molecular complexity index is 311. The highest BCUT2D eigenvalue weighted by atomic mass is 16.5. The molecule has 2 nitrogen and oxygen atoms in total. The van der Waals surface area contributed by atoms with Crippen molar-refractivity contribution in [2.24, 2.45) is 16.7 Å². The lowest BCUT2D eigenvalue weighted by Crippen LogP contribution is -2.42. The normalized spacial score (nSPS) is 37.1. The molecule has 0 aromatic rings. The number of rotatable bonds is 2. The fraction of sp³-hybridized carbons (Fsp3) is 0.929. The van der Waals surface area contributed by atoms with Crippen molar-refractivity contribution in [1.82, 2.24) is 0 Å². The molecule has 0 amide bonds. The first-order chi connectivity index (χ1) is 7.19. The second-order valence-electron chi connectivity index (χ2n) is 7.07. The summed E-state index contributed by atoms with van der Waals surface area (Å²) in [6.45, 7) is 11.3. The van der Waals surface area contributed by atoms with Gasteiger partial charge in [-0.05, 0) is 44.9 Å². The van der Waals surface area contributed by atoms with Gasteiger partial charge in [-0.1, -0.05) is 13.8 Å². The number of carbonyl (C=O) groups excluding carboxylic acids is 1. The highest BCUT2D eigenvalue weighted by Crippen LogP contribution is 2.64. The lowest BCUT2D eigenvalue weighted by molar-refractivity contribution is -0.139. The van der Waals surface area contributed by atoms with Gasteiger partial charge in [0, 0.05) is 6.42 Å². The number of carbonyl (C=O) groups is 1. The predicted octanol–water partition coefficient (Wildman–Crippen LogP) is 3.20. The van der Waals surface area contributed by atoms with E-state index < -0.39 is 0 Å². The van der Waals surface area contributed by atoms with Crippen LogP contribution in [0.15, 0.2) is 0 Å². The Labute approximate surface area is 98.7 Å². The van der Waals surface area contributed by atoms with Crippen molar-refractivity contribution in [3.05, 3.63) is 0 Å². The van der Waals surface area contributed by atoms with Gasteiger partial charge >= 0.3 is 0 Å². The van der Waals surface area contributed by atoms with Gasteiger partial charge in [0.25, 0.3) is 0 Å². The van der Waals surface area contributed by atoms with E-state index >= 15 is 0 Å². The van der Waals surface area contributed by atoms with Gasteiger partial charge in [-0.3, -0.25) is 4.79 Å². The van der Waals surface area contributed by atoms with E-state index in [1.54, 1.807) is 0 Å². The van der Waals surface area contributed by atoms with E-state index in [2.05, 4.69) is 34.6 Å². The molecule has 2 bridgehead atoms. The van der Waals surface area contributed by atoms with Gasteiger partial charge < -0.3 is 4.74 Å². The van der Waals surface area contributed by atoms with Crippen LogP contribution in [0.2, 0.25) is 0 Å². The molecule has 2 atom stereocenters. The molecule has 0 heterocycles. The molecule has 0 aromatic heterocycles. The Morgan fingerprint density at radius 1 is 1.38 bits per heavy atom. The molecule has 0 N–H and O–H groups in total. The Morgan fingerprint density at radius 3 is 2.38 bits per heavy atom. The maximum absolute atomic E-state index is 12.2. The first-order valence-corrected chi connectivity index (χ1v) is 6.36. The fourth-order valence-electron chi connectivity index (χ4n) is 3.45. The van der Waals surface area contributed by atoms with E-state index in [1.165, 1.54) is 6.42 Å². The lowest BCUT2D eigenvalue weighted by atomic mass is 9.69. The van der Waals surface area contributed by atoms with E-state index in [0.717, 1.165) is 12.8 Å². The minimum atomic E-state index is -0.190. The largest absolute Gasteiger partial charge is 0.375 e. The van der Waals surface area contributed by atoms with Gasteiger partial charge in [-0.15, -0.1) is 0 Å². The van der Waals surface area contributed by atoms with E-state index in [-0.39, 0.29) is 16.4 Å². The summed E-state index contributed by atoms with van der Waals surface area (Å²) in [6, 6.07) is 0. The molecule has 2 heteroatoms. The average Bonchev–Trinajstić information content (AvgIpc) is 2.46. The SMILES string of the molecule is CC(C)(C)OCC12CCC(CC1=O)C2(C)C. The minimum Gasteiger partial charge on any atom is -0.375 e. The molecule has 92 valence electrons. The number of ketones is 1. The number of hydrogen-bond acceptors (Lipinski definition) is 2. The van der Waals surface area contributed by atoms with Crippen molar-refractivity contribution >= 4 is 5.78 Å². The summed E-state index contributed by atoms with van der Waals surface area (Å²) in [5, 5.41) is 0. The summed E-state index contributed by atoms with van der Waals surface area (Å²) >= 11 is 0. The van der Waals surface area contributed by atoms with Gasteiger partial charge in [-0.25, -0.2) is 0 Å². The molecule has 2 fully saturated rings. The van der Waals surface area contributed by atoms with Crippen molar-refractivity contribution in [1.29, 1.82) is 0 Å². The van der Waals surface area contributed by atoms with Gasteiger partial charge in [0.05, 0.1) is 17.6 Å². The summed E-state index contributed by atoms with van der Waals surface area (Å²) in [5.41, 5.74) is -0.202. The molecule has 0 radical (unpaired) electrons. The second-order valence-corrected chi connectivity index (χ2v) is 7.07. The van der Waals surface area contributed by atoms with Gasteiger partial charge in [0.1, 0.15) is 5.78 Å². The van der Waals surface area contributed by atoms with Crippen molar-refractivity contribution in [3.63, 3.8) is 0 Å². The van der Waals surface area contributed by atoms with E-state index in [0.29, 0.717) is 18.3 Å². The topological polar surface area (TPSA) is 26.3 Å². The molecular weight excluding hydrogens is 200 g/mol. The molecule has 2 saturated carbocycles. The Hall–Kier alpha value is -0.370. The summed E-state index contributed by atoms with van der Waals surface area (Å²) in [5.74, 6) is 1.03. The standard InChI is InChI=1S/C14H24O2/c1-12(2,3)16-9-14-7-6-10(8-11(14)15)13(14,4)5/h10H,6-9H2,1-5H3. The highest BCUT2D eigenvalue weighted by molar-refractivity contribution is 5.89. The number of ether oxygens (including phenoxy) is 1. The molecule has 0 saturated heterocycles. The number of fused-ring (bicyclic) bond motifs is 2. The van der Waals surface area contributed by atoms with Crippen LogP contribution in [-0.4, -0.2) is 18.0 Å². The third kappa shape index (κ3) is 1.54. The van der Waals surface area contributed by atoms with Crippen LogP contribution in [-0.2, 0) is 9.53 Å². The van der Waals surface area contributed by atoms with Gasteiger partial charge in [0.2, 0.25) is 0 Å². The van der Waals surface area contributed by atoms with Crippen LogP contribution >= 0.6 is 0 Å². The Morgan fingerprint density at radius 2 is 2.00 bits per heavy atom. The van der Waals surface area contributed by atoms with E-state index in [9.17, 15) is 4.79 Å². The summed E-state index contributed by atoms with van der Waals surface area (Å²) in [7, 11) is 0. The molecule has 16 heavy (non-hydrogen) atoms. The van der Waals surface area contributed by atoms with Crippen LogP contribution in [0, 0.1) is 16.7 Å². The van der Waals surface area contributed by atoms with Crippen LogP contribution in [0.5, 0.6) is 0 Å². The predicted molar refractivity (Wildman–Crippen MR) is 64.3 cm³/mol. The molecule has 2 rings (SSSR count). The first kappa shape index (κ1) is 12.1. The minimum absolute atomic E-state index is 0.134. The maximum atomic E-state index is 12.2. The smallest absolute Gasteiger partial charge is 0.142 e. The summed E-state index contributed by atoms with van der Waals surface area (Å²) < 4.78 is 5.92. The van der Waals surface area contributed by atoms with Gasteiger partial charge in [-0.2, -0.15) is 0 Å². The molecule has 0 aromatic carbocycles. The molecule has 2 aliphatic carbocycles. The average molecular weight is 224 g/mol. The van der Waals surface area contributed by atoms with E-state index in [4.69, 9.17) is 4.74 Å². The molecular formula is C14H24O2. The molecule has 0 aliphatic heterocycles. The van der Waals surface area contributed by atoms with Crippen molar-refractivity contribution in [2.75, 3.05) is 6.61 Å². The molecule has 2 unspecified atom stereocenters. The summed E-state index contributed by atoms with van der Waals surface area (Å²) in [4.78, 5) is 12.2. The zero-order valence-electron chi connectivity index (χ0n) is 11.2. The lowest BCUT2D eigenvalue weighted by Gasteiger charge is -2.38. The first-order valence-electron chi connectivity index (χ1n) is 6.36. The zero-order chi connectivity index (χ0) is 12.2. The Balaban J connectivity index is 2.19. The monoisotopic (exact) mass is 224 g/mol. The van der Waals surface area contributed by atoms with Crippen LogP contribution in [0.1, 0.15) is 53.9 Å². The second kappa shape index (κ2) is 3.32. The summed E-state index contributed by atoms with van der Waals surface area (Å²) in [6.07, 6.45) is 3.01. The molecule has 2 aliphatic rings. The maximum Gasteiger partial charge on any atom is 0.142 e. The highest BCUT2D eigenvalue weighted by Gasteiger charge is 2.64. The number of Topliss-reactive ketones (excluding diaryl/α,β-unsaturated/α-hetero) is 1. The van der Waals surface area contributed by atoms with Crippen LogP contribution in [0.3, 0.4) is 0 Å². The van der Waals surface area contributed by atoms with Crippen LogP contribution in [0.4, 0.5) is 0 Å². The van der Waals surface area contributed by atoms with Crippen molar-refractivity contribution in [2.45, 2.75) is 59.5 Å². The zero-order valence-corrected chi connectivity index (χ0v) is 11.2. The van der Waals surface area contributed by atoms with Crippen LogP contribution < -0.4 is 0 Å². The van der Waals surface area contributed by atoms with Gasteiger partial charge in [0.15, 0.2) is 0 Å². The molecule has 0 spiro atoms. The van der Waals surface area contributed by atoms with Crippen molar-refractivity contribution in [3.8, 4) is 0 Å². The Kier molecular flexibility index (Phi) is 2.51. The van der Waals surface area contributed by atoms with Crippen molar-refractivity contribution < 1.29 is 9.53 Å². The number of hydrogen-bond donors (Lipinski definition) is 0. The third-order valence-electron chi connectivity index (χ3n) is 4.89.